The largest absolute Gasteiger partial charge is 0.484 e. The first-order chi connectivity index (χ1) is 9.97. The third-order valence-electron chi connectivity index (χ3n) is 3.87. The predicted molar refractivity (Wildman–Crippen MR) is 78.3 cm³/mol. The zero-order valence-corrected chi connectivity index (χ0v) is 12.4. The van der Waals surface area contributed by atoms with Crippen LogP contribution in [0, 0.1) is 19.8 Å². The zero-order chi connectivity index (χ0) is 15.4. The lowest BCUT2D eigenvalue weighted by Crippen LogP contribution is -2.42. The molecule has 1 aromatic rings. The number of aliphatic carboxylic acids is 1. The minimum atomic E-state index is -0.840. The summed E-state index contributed by atoms with van der Waals surface area (Å²) >= 11 is 0. The molecule has 1 aliphatic carbocycles. The molecule has 2 N–H and O–H groups in total. The molecule has 2 rings (SSSR count). The minimum absolute atomic E-state index is 0.0905. The Hall–Kier alpha value is -2.04. The maximum atomic E-state index is 11.9. The second-order valence-corrected chi connectivity index (χ2v) is 5.61. The average Bonchev–Trinajstić information content (AvgIpc) is 2.86. The first-order valence-electron chi connectivity index (χ1n) is 7.19. The standard InChI is InChI=1S/C16H21NO4/c1-10-6-7-14(11(2)8-10)21-9-15(18)17-13-5-3-4-12(13)16(19)20/h6-8,12-13H,3-5,9H2,1-2H3,(H,17,18)(H,19,20). The Kier molecular flexibility index (Phi) is 4.83. The van der Waals surface area contributed by atoms with Crippen molar-refractivity contribution in [3.05, 3.63) is 29.3 Å². The van der Waals surface area contributed by atoms with Gasteiger partial charge in [0.05, 0.1) is 5.92 Å². The van der Waals surface area contributed by atoms with Crippen molar-refractivity contribution in [2.75, 3.05) is 6.61 Å². The molecule has 0 radical (unpaired) electrons. The number of nitrogens with one attached hydrogen (secondary N) is 1. The van der Waals surface area contributed by atoms with E-state index >= 15 is 0 Å². The smallest absolute Gasteiger partial charge is 0.308 e. The van der Waals surface area contributed by atoms with E-state index in [1.165, 1.54) is 0 Å². The summed E-state index contributed by atoms with van der Waals surface area (Å²) < 4.78 is 5.50. The van der Waals surface area contributed by atoms with Gasteiger partial charge in [-0.1, -0.05) is 24.1 Å². The zero-order valence-electron chi connectivity index (χ0n) is 12.4. The molecule has 0 bridgehead atoms. The van der Waals surface area contributed by atoms with E-state index in [4.69, 9.17) is 9.84 Å². The topological polar surface area (TPSA) is 75.6 Å². The number of hydrogen-bond donors (Lipinski definition) is 2. The number of ether oxygens (including phenoxy) is 1. The van der Waals surface area contributed by atoms with Crippen molar-refractivity contribution in [1.82, 2.24) is 5.32 Å². The Morgan fingerprint density at radius 1 is 1.33 bits per heavy atom. The van der Waals surface area contributed by atoms with Gasteiger partial charge >= 0.3 is 5.97 Å². The number of carbonyl (C=O) groups is 2. The third kappa shape index (κ3) is 3.97. The van der Waals surface area contributed by atoms with E-state index in [1.54, 1.807) is 0 Å². The number of aryl methyl sites for hydroxylation is 2. The Labute approximate surface area is 124 Å². The van der Waals surface area contributed by atoms with Gasteiger partial charge in [-0.15, -0.1) is 0 Å². The lowest BCUT2D eigenvalue weighted by Gasteiger charge is -2.18. The van der Waals surface area contributed by atoms with Crippen LogP contribution in [0.25, 0.3) is 0 Å². The fourth-order valence-electron chi connectivity index (χ4n) is 2.78. The van der Waals surface area contributed by atoms with Gasteiger partial charge in [0.1, 0.15) is 5.75 Å². The van der Waals surface area contributed by atoms with Crippen molar-refractivity contribution >= 4 is 11.9 Å². The van der Waals surface area contributed by atoms with Crippen molar-refractivity contribution in [2.45, 2.75) is 39.2 Å². The number of rotatable bonds is 5. The van der Waals surface area contributed by atoms with Crippen LogP contribution in [0.5, 0.6) is 5.75 Å². The summed E-state index contributed by atoms with van der Waals surface area (Å²) in [6.45, 7) is 3.83. The second kappa shape index (κ2) is 6.61. The number of carboxylic acids is 1. The predicted octanol–water partition coefficient (Wildman–Crippen LogP) is 2.05. The Balaban J connectivity index is 1.86. The molecule has 21 heavy (non-hydrogen) atoms. The Bertz CT molecular complexity index is 541. The molecule has 0 saturated heterocycles. The average molecular weight is 291 g/mol. The number of carbonyl (C=O) groups excluding carboxylic acids is 1. The summed E-state index contributed by atoms with van der Waals surface area (Å²) in [7, 11) is 0. The molecule has 2 unspecified atom stereocenters. The van der Waals surface area contributed by atoms with E-state index in [9.17, 15) is 9.59 Å². The summed E-state index contributed by atoms with van der Waals surface area (Å²) in [6, 6.07) is 5.48. The summed E-state index contributed by atoms with van der Waals surface area (Å²) in [5.41, 5.74) is 2.12. The normalized spacial score (nSPS) is 21.0. The van der Waals surface area contributed by atoms with Crippen LogP contribution in [-0.4, -0.2) is 29.6 Å². The van der Waals surface area contributed by atoms with Gasteiger partial charge in [0.2, 0.25) is 0 Å². The highest BCUT2D eigenvalue weighted by atomic mass is 16.5. The highest BCUT2D eigenvalue weighted by Crippen LogP contribution is 2.25. The SMILES string of the molecule is Cc1ccc(OCC(=O)NC2CCCC2C(=O)O)c(C)c1. The van der Waals surface area contributed by atoms with E-state index in [0.29, 0.717) is 18.6 Å². The van der Waals surface area contributed by atoms with Crippen LogP contribution >= 0.6 is 0 Å². The number of amides is 1. The molecule has 1 aliphatic rings. The van der Waals surface area contributed by atoms with Gasteiger partial charge in [-0.3, -0.25) is 9.59 Å². The van der Waals surface area contributed by atoms with Gasteiger partial charge < -0.3 is 15.2 Å². The maximum Gasteiger partial charge on any atom is 0.308 e. The van der Waals surface area contributed by atoms with Crippen LogP contribution in [-0.2, 0) is 9.59 Å². The molecule has 5 nitrogen and oxygen atoms in total. The molecule has 0 aliphatic heterocycles. The summed E-state index contributed by atoms with van der Waals surface area (Å²) in [5.74, 6) is -0.909. The second-order valence-electron chi connectivity index (χ2n) is 5.61. The minimum Gasteiger partial charge on any atom is -0.484 e. The third-order valence-corrected chi connectivity index (χ3v) is 3.87. The van der Waals surface area contributed by atoms with Crippen LogP contribution in [0.3, 0.4) is 0 Å². The lowest BCUT2D eigenvalue weighted by molar-refractivity contribution is -0.142. The molecule has 1 fully saturated rings. The van der Waals surface area contributed by atoms with Gasteiger partial charge in [0, 0.05) is 6.04 Å². The molecule has 1 saturated carbocycles. The molecule has 0 spiro atoms. The molecule has 5 heteroatoms. The van der Waals surface area contributed by atoms with E-state index in [0.717, 1.165) is 17.5 Å². The molecule has 1 aromatic carbocycles. The van der Waals surface area contributed by atoms with E-state index in [1.807, 2.05) is 32.0 Å². The molecule has 0 aromatic heterocycles. The van der Waals surface area contributed by atoms with E-state index in [-0.39, 0.29) is 18.6 Å². The fourth-order valence-corrected chi connectivity index (χ4v) is 2.78. The summed E-state index contributed by atoms with van der Waals surface area (Å²) in [4.78, 5) is 23.0. The van der Waals surface area contributed by atoms with Crippen molar-refractivity contribution < 1.29 is 19.4 Å². The Morgan fingerprint density at radius 3 is 2.76 bits per heavy atom. The highest BCUT2D eigenvalue weighted by molar-refractivity contribution is 5.79. The quantitative estimate of drug-likeness (QED) is 0.870. The van der Waals surface area contributed by atoms with Crippen LogP contribution < -0.4 is 10.1 Å². The molecule has 1 amide bonds. The first kappa shape index (κ1) is 15.4. The monoisotopic (exact) mass is 291 g/mol. The number of carboxylic acid groups (broad SMARTS) is 1. The van der Waals surface area contributed by atoms with E-state index < -0.39 is 11.9 Å². The molecule has 114 valence electrons. The Morgan fingerprint density at radius 2 is 2.10 bits per heavy atom. The van der Waals surface area contributed by atoms with Gasteiger partial charge in [-0.25, -0.2) is 0 Å². The molecular formula is C16H21NO4. The van der Waals surface area contributed by atoms with Crippen molar-refractivity contribution in [3.8, 4) is 5.75 Å². The van der Waals surface area contributed by atoms with Crippen molar-refractivity contribution in [2.24, 2.45) is 5.92 Å². The number of benzene rings is 1. The molecule has 0 heterocycles. The molecule has 2 atom stereocenters. The van der Waals surface area contributed by atoms with Crippen molar-refractivity contribution in [1.29, 1.82) is 0 Å². The lowest BCUT2D eigenvalue weighted by atomic mass is 10.0. The van der Waals surface area contributed by atoms with Gasteiger partial charge in [0.15, 0.2) is 6.61 Å². The maximum absolute atomic E-state index is 11.9. The van der Waals surface area contributed by atoms with Crippen LogP contribution in [0.4, 0.5) is 0 Å². The van der Waals surface area contributed by atoms with Crippen LogP contribution in [0.1, 0.15) is 30.4 Å². The molecular weight excluding hydrogens is 270 g/mol. The fraction of sp³-hybridized carbons (Fsp3) is 0.500. The van der Waals surface area contributed by atoms with Gasteiger partial charge in [0.25, 0.3) is 5.91 Å². The van der Waals surface area contributed by atoms with Crippen LogP contribution in [0.15, 0.2) is 18.2 Å². The van der Waals surface area contributed by atoms with Gasteiger partial charge in [-0.05, 0) is 38.3 Å². The highest BCUT2D eigenvalue weighted by Gasteiger charge is 2.33. The van der Waals surface area contributed by atoms with Crippen LogP contribution in [0.2, 0.25) is 0 Å². The first-order valence-corrected chi connectivity index (χ1v) is 7.19. The number of hydrogen-bond acceptors (Lipinski definition) is 3. The van der Waals surface area contributed by atoms with Crippen molar-refractivity contribution in [3.63, 3.8) is 0 Å². The van der Waals surface area contributed by atoms with E-state index in [2.05, 4.69) is 5.32 Å². The summed E-state index contributed by atoms with van der Waals surface area (Å²) in [5, 5.41) is 11.9. The van der Waals surface area contributed by atoms with Gasteiger partial charge in [-0.2, -0.15) is 0 Å². The summed E-state index contributed by atoms with van der Waals surface area (Å²) in [6.07, 6.45) is 2.17.